The lowest BCUT2D eigenvalue weighted by atomic mass is 10.1. The molecule has 1 fully saturated rings. The number of rotatable bonds is 2. The molecule has 1 N–H and O–H groups in total. The molecule has 0 aliphatic carbocycles. The van der Waals surface area contributed by atoms with Crippen LogP contribution in [0.2, 0.25) is 0 Å². The number of carbonyl (C=O) groups excluding carboxylic acids is 1. The summed E-state index contributed by atoms with van der Waals surface area (Å²) < 4.78 is 5.39. The second kappa shape index (κ2) is 4.94. The molecule has 0 bridgehead atoms. The van der Waals surface area contributed by atoms with E-state index in [0.717, 1.165) is 6.54 Å². The van der Waals surface area contributed by atoms with Gasteiger partial charge >= 0.3 is 0 Å². The number of amides is 1. The van der Waals surface area contributed by atoms with Crippen molar-refractivity contribution < 1.29 is 9.53 Å². The highest BCUT2D eigenvalue weighted by Gasteiger charge is 2.25. The van der Waals surface area contributed by atoms with Crippen LogP contribution in [-0.2, 0) is 9.53 Å². The van der Waals surface area contributed by atoms with Crippen molar-refractivity contribution in [3.8, 4) is 0 Å². The lowest BCUT2D eigenvalue weighted by Gasteiger charge is -2.36. The summed E-state index contributed by atoms with van der Waals surface area (Å²) in [6.07, 6.45) is 0. The molecule has 1 amide bonds. The molecule has 0 saturated carbocycles. The van der Waals surface area contributed by atoms with E-state index in [4.69, 9.17) is 4.74 Å². The average molecular weight is 214 g/mol. The van der Waals surface area contributed by atoms with Gasteiger partial charge in [-0.05, 0) is 20.8 Å². The fourth-order valence-corrected chi connectivity index (χ4v) is 1.66. The van der Waals surface area contributed by atoms with Crippen molar-refractivity contribution in [2.45, 2.75) is 39.3 Å². The molecular weight excluding hydrogens is 192 g/mol. The van der Waals surface area contributed by atoms with E-state index in [1.807, 2.05) is 4.90 Å². The van der Waals surface area contributed by atoms with Crippen LogP contribution in [0.5, 0.6) is 0 Å². The first-order chi connectivity index (χ1) is 6.90. The highest BCUT2D eigenvalue weighted by molar-refractivity contribution is 5.73. The Balaban J connectivity index is 2.46. The normalized spacial score (nSPS) is 22.9. The third-order valence-corrected chi connectivity index (χ3v) is 2.50. The van der Waals surface area contributed by atoms with Crippen molar-refractivity contribution in [3.63, 3.8) is 0 Å². The standard InChI is InChI=1S/C11H22N2O2/c1-9(14)13-5-6-15-8-10(13)7-12-11(2,3)4/h10,12H,5-8H2,1-4H3/t10-/m0/s1. The van der Waals surface area contributed by atoms with Gasteiger partial charge in [0.1, 0.15) is 0 Å². The number of hydrogen-bond acceptors (Lipinski definition) is 3. The van der Waals surface area contributed by atoms with E-state index >= 15 is 0 Å². The molecule has 1 atom stereocenters. The number of hydrogen-bond donors (Lipinski definition) is 1. The number of ether oxygens (including phenoxy) is 1. The molecule has 1 rings (SSSR count). The topological polar surface area (TPSA) is 41.6 Å². The maximum Gasteiger partial charge on any atom is 0.219 e. The lowest BCUT2D eigenvalue weighted by Crippen LogP contribution is -2.54. The Morgan fingerprint density at radius 3 is 2.73 bits per heavy atom. The minimum absolute atomic E-state index is 0.0832. The molecule has 4 heteroatoms. The monoisotopic (exact) mass is 214 g/mol. The molecule has 1 saturated heterocycles. The SMILES string of the molecule is CC(=O)N1CCOC[C@@H]1CNC(C)(C)C. The minimum Gasteiger partial charge on any atom is -0.377 e. The molecule has 0 aromatic rings. The number of nitrogens with one attached hydrogen (secondary N) is 1. The Morgan fingerprint density at radius 1 is 1.53 bits per heavy atom. The Kier molecular flexibility index (Phi) is 4.11. The zero-order valence-corrected chi connectivity index (χ0v) is 10.2. The zero-order valence-electron chi connectivity index (χ0n) is 10.2. The average Bonchev–Trinajstić information content (AvgIpc) is 2.14. The summed E-state index contributed by atoms with van der Waals surface area (Å²) >= 11 is 0. The largest absolute Gasteiger partial charge is 0.377 e. The van der Waals surface area contributed by atoms with Gasteiger partial charge in [0.25, 0.3) is 0 Å². The Morgan fingerprint density at radius 2 is 2.20 bits per heavy atom. The van der Waals surface area contributed by atoms with Gasteiger partial charge in [0, 0.05) is 25.6 Å². The van der Waals surface area contributed by atoms with Crippen LogP contribution in [0.1, 0.15) is 27.7 Å². The third kappa shape index (κ3) is 4.18. The molecular formula is C11H22N2O2. The van der Waals surface area contributed by atoms with Crippen LogP contribution in [0.25, 0.3) is 0 Å². The van der Waals surface area contributed by atoms with Crippen LogP contribution in [0, 0.1) is 0 Å². The summed E-state index contributed by atoms with van der Waals surface area (Å²) in [5.41, 5.74) is 0.0832. The molecule has 88 valence electrons. The highest BCUT2D eigenvalue weighted by atomic mass is 16.5. The third-order valence-electron chi connectivity index (χ3n) is 2.50. The number of morpholine rings is 1. The van der Waals surface area contributed by atoms with Gasteiger partial charge in [0.15, 0.2) is 0 Å². The van der Waals surface area contributed by atoms with Gasteiger partial charge < -0.3 is 15.0 Å². The van der Waals surface area contributed by atoms with E-state index in [0.29, 0.717) is 19.8 Å². The van der Waals surface area contributed by atoms with Crippen molar-refractivity contribution in [1.29, 1.82) is 0 Å². The molecule has 1 heterocycles. The fourth-order valence-electron chi connectivity index (χ4n) is 1.66. The van der Waals surface area contributed by atoms with Crippen molar-refractivity contribution in [2.75, 3.05) is 26.3 Å². The second-order valence-electron chi connectivity index (χ2n) is 5.07. The van der Waals surface area contributed by atoms with Crippen molar-refractivity contribution in [1.82, 2.24) is 10.2 Å². The van der Waals surface area contributed by atoms with Crippen LogP contribution in [0.3, 0.4) is 0 Å². The molecule has 15 heavy (non-hydrogen) atoms. The van der Waals surface area contributed by atoms with E-state index in [1.54, 1.807) is 6.92 Å². The van der Waals surface area contributed by atoms with Crippen LogP contribution < -0.4 is 5.32 Å². The van der Waals surface area contributed by atoms with Crippen molar-refractivity contribution in [2.24, 2.45) is 0 Å². The van der Waals surface area contributed by atoms with Crippen molar-refractivity contribution in [3.05, 3.63) is 0 Å². The molecule has 0 aromatic heterocycles. The molecule has 1 aliphatic heterocycles. The molecule has 0 aromatic carbocycles. The number of nitrogens with zero attached hydrogens (tertiary/aromatic N) is 1. The van der Waals surface area contributed by atoms with Gasteiger partial charge in [-0.1, -0.05) is 0 Å². The van der Waals surface area contributed by atoms with Gasteiger partial charge in [0.2, 0.25) is 5.91 Å². The van der Waals surface area contributed by atoms with E-state index in [9.17, 15) is 4.79 Å². The summed E-state index contributed by atoms with van der Waals surface area (Å²) in [6.45, 7) is 10.8. The summed E-state index contributed by atoms with van der Waals surface area (Å²) in [6, 6.07) is 0.176. The van der Waals surface area contributed by atoms with Crippen LogP contribution >= 0.6 is 0 Å². The quantitative estimate of drug-likeness (QED) is 0.733. The Bertz CT molecular complexity index is 223. The van der Waals surface area contributed by atoms with Crippen LogP contribution in [-0.4, -0.2) is 48.7 Å². The highest BCUT2D eigenvalue weighted by Crippen LogP contribution is 2.08. The Labute approximate surface area is 92.0 Å². The van der Waals surface area contributed by atoms with Gasteiger partial charge in [-0.25, -0.2) is 0 Å². The van der Waals surface area contributed by atoms with Gasteiger partial charge in [-0.15, -0.1) is 0 Å². The van der Waals surface area contributed by atoms with Gasteiger partial charge in [-0.2, -0.15) is 0 Å². The zero-order chi connectivity index (χ0) is 11.5. The van der Waals surface area contributed by atoms with E-state index in [2.05, 4.69) is 26.1 Å². The first-order valence-corrected chi connectivity index (χ1v) is 5.50. The Hall–Kier alpha value is -0.610. The predicted octanol–water partition coefficient (Wildman–Crippen LogP) is 0.622. The van der Waals surface area contributed by atoms with E-state index in [1.165, 1.54) is 0 Å². The maximum absolute atomic E-state index is 11.4. The molecule has 0 spiro atoms. The smallest absolute Gasteiger partial charge is 0.219 e. The molecule has 0 unspecified atom stereocenters. The second-order valence-corrected chi connectivity index (χ2v) is 5.07. The van der Waals surface area contributed by atoms with Crippen molar-refractivity contribution >= 4 is 5.91 Å². The first-order valence-electron chi connectivity index (χ1n) is 5.50. The lowest BCUT2D eigenvalue weighted by molar-refractivity contribution is -0.137. The van der Waals surface area contributed by atoms with Gasteiger partial charge in [-0.3, -0.25) is 4.79 Å². The molecule has 1 aliphatic rings. The summed E-state index contributed by atoms with van der Waals surface area (Å²) in [7, 11) is 0. The van der Waals surface area contributed by atoms with Crippen LogP contribution in [0.4, 0.5) is 0 Å². The predicted molar refractivity (Wildman–Crippen MR) is 59.7 cm³/mol. The minimum atomic E-state index is 0.0832. The van der Waals surface area contributed by atoms with E-state index in [-0.39, 0.29) is 17.5 Å². The summed E-state index contributed by atoms with van der Waals surface area (Å²) in [5.74, 6) is 0.138. The molecule has 0 radical (unpaired) electrons. The number of carbonyl (C=O) groups is 1. The summed E-state index contributed by atoms with van der Waals surface area (Å²) in [5, 5.41) is 3.40. The van der Waals surface area contributed by atoms with Gasteiger partial charge in [0.05, 0.1) is 19.3 Å². The summed E-state index contributed by atoms with van der Waals surface area (Å²) in [4.78, 5) is 13.3. The fraction of sp³-hybridized carbons (Fsp3) is 0.909. The van der Waals surface area contributed by atoms with Crippen LogP contribution in [0.15, 0.2) is 0 Å². The molecule has 4 nitrogen and oxygen atoms in total. The van der Waals surface area contributed by atoms with E-state index < -0.39 is 0 Å². The maximum atomic E-state index is 11.4. The first kappa shape index (κ1) is 12.5.